The van der Waals surface area contributed by atoms with Gasteiger partial charge in [-0.1, -0.05) is 196 Å². The van der Waals surface area contributed by atoms with Crippen molar-refractivity contribution in [1.82, 2.24) is 28.7 Å². The number of hydrogen-bond acceptors (Lipinski definition) is 4. The third-order valence-electron chi connectivity index (χ3n) is 17.7. The number of anilines is 3. The van der Waals surface area contributed by atoms with Gasteiger partial charge in [0, 0.05) is 77.3 Å². The molecule has 4 aromatic heterocycles. The van der Waals surface area contributed by atoms with E-state index in [1.54, 1.807) is 0 Å². The average Bonchev–Trinajstić information content (AvgIpc) is 2.60. The van der Waals surface area contributed by atoms with Crippen molar-refractivity contribution < 1.29 is 0 Å². The predicted molar refractivity (Wildman–Crippen MR) is 351 cm³/mol. The predicted octanol–water partition coefficient (Wildman–Crippen LogP) is 19.9. The number of hydrogen-bond donors (Lipinski definition) is 0. The van der Waals surface area contributed by atoms with Crippen LogP contribution in [0.3, 0.4) is 0 Å². The highest BCUT2D eigenvalue weighted by Gasteiger charge is 2.36. The van der Waals surface area contributed by atoms with Gasteiger partial charge in [0.2, 0.25) is 5.95 Å². The summed E-state index contributed by atoms with van der Waals surface area (Å²) in [7, 11) is 0. The molecule has 0 saturated carbocycles. The van der Waals surface area contributed by atoms with Gasteiger partial charge < -0.3 is 14.0 Å². The van der Waals surface area contributed by atoms with E-state index in [4.69, 9.17) is 15.0 Å². The molecule has 0 radical (unpaired) electrons. The van der Waals surface area contributed by atoms with Crippen LogP contribution in [0.2, 0.25) is 0 Å². The number of aromatic nitrogens is 6. The van der Waals surface area contributed by atoms with Crippen molar-refractivity contribution in [3.63, 3.8) is 0 Å². The molecular weight excluding hydrogens is 1030 g/mol. The van der Waals surface area contributed by atoms with Crippen molar-refractivity contribution >= 4 is 82.5 Å². The van der Waals surface area contributed by atoms with Crippen LogP contribution in [0, 0.1) is 0 Å². The minimum Gasteiger partial charge on any atom is -0.310 e. The normalized spacial score (nSPS) is 12.7. The quantitative estimate of drug-likeness (QED) is 0.145. The zero-order valence-electron chi connectivity index (χ0n) is 46.8. The Morgan fingerprint density at radius 2 is 0.741 bits per heavy atom. The van der Waals surface area contributed by atoms with E-state index in [0.29, 0.717) is 17.6 Å². The summed E-state index contributed by atoms with van der Waals surface area (Å²) < 4.78 is 7.04. The standard InChI is InChI=1S/C78H53N7/c1-78(2)67-30-16-12-26-59(67)64-48-66-65-47-58(43-45-72(65)85(74(66)49-68(64)78)77-80-75(51-20-6-3-7-21-51)79-76(81-77)52-22-8-4-9-23-52)82(56-39-41-57(42-40-56)83-69-31-17-13-27-60(69)61-28-14-18-32-70(61)83)55-37-34-50(35-38-55)53-36-44-63-62-29-15-19-33-71(62)84(73(63)46-53)54-24-10-5-11-25-54/h3-49H,1-2H3. The summed E-state index contributed by atoms with van der Waals surface area (Å²) in [5.41, 5.74) is 21.1. The highest BCUT2D eigenvalue weighted by Crippen LogP contribution is 2.52. The first kappa shape index (κ1) is 48.5. The lowest BCUT2D eigenvalue weighted by molar-refractivity contribution is 0.661. The Hall–Kier alpha value is -11.2. The summed E-state index contributed by atoms with van der Waals surface area (Å²) in [5, 5.41) is 7.15. The zero-order valence-corrected chi connectivity index (χ0v) is 46.8. The summed E-state index contributed by atoms with van der Waals surface area (Å²) in [4.78, 5) is 18.3. The topological polar surface area (TPSA) is 56.7 Å². The van der Waals surface area contributed by atoms with Crippen LogP contribution >= 0.6 is 0 Å². The van der Waals surface area contributed by atoms with Crippen LogP contribution in [0.1, 0.15) is 25.0 Å². The second-order valence-electron chi connectivity index (χ2n) is 22.8. The molecule has 17 rings (SSSR count). The van der Waals surface area contributed by atoms with Gasteiger partial charge >= 0.3 is 0 Å². The number of nitrogens with zero attached hydrogens (tertiary/aromatic N) is 7. The van der Waals surface area contributed by atoms with Crippen molar-refractivity contribution in [1.29, 1.82) is 0 Å². The van der Waals surface area contributed by atoms with E-state index in [1.165, 1.54) is 65.9 Å². The molecule has 12 aromatic carbocycles. The van der Waals surface area contributed by atoms with Crippen molar-refractivity contribution in [2.75, 3.05) is 4.90 Å². The smallest absolute Gasteiger partial charge is 0.238 e. The minimum atomic E-state index is -0.240. The van der Waals surface area contributed by atoms with E-state index < -0.39 is 0 Å². The van der Waals surface area contributed by atoms with Crippen molar-refractivity contribution in [3.05, 3.63) is 296 Å². The maximum absolute atomic E-state index is 5.37. The molecule has 7 heteroatoms. The van der Waals surface area contributed by atoms with E-state index in [1.807, 2.05) is 36.4 Å². The molecule has 0 saturated heterocycles. The fourth-order valence-corrected chi connectivity index (χ4v) is 13.7. The maximum atomic E-state index is 5.37. The molecule has 0 spiro atoms. The molecule has 0 aliphatic heterocycles. The molecule has 7 nitrogen and oxygen atoms in total. The molecule has 0 bridgehead atoms. The average molecular weight is 1090 g/mol. The second-order valence-corrected chi connectivity index (χ2v) is 22.8. The molecule has 0 atom stereocenters. The lowest BCUT2D eigenvalue weighted by atomic mass is 9.82. The van der Waals surface area contributed by atoms with Crippen LogP contribution < -0.4 is 4.90 Å². The third kappa shape index (κ3) is 7.64. The SMILES string of the molecule is CC1(C)c2ccccc2-c2cc3c4cc(N(c5ccc(-c6ccc7c8ccccc8n(-c8ccccc8)c7c6)cc5)c5ccc(-n6c7ccccc7c7ccccc76)cc5)ccc4n(-c4nc(-c5ccccc5)nc(-c5ccccc5)n4)c3cc21. The van der Waals surface area contributed by atoms with E-state index >= 15 is 0 Å². The lowest BCUT2D eigenvalue weighted by Gasteiger charge is -2.26. The van der Waals surface area contributed by atoms with Gasteiger partial charge in [-0.2, -0.15) is 9.97 Å². The first-order valence-electron chi connectivity index (χ1n) is 29.1. The summed E-state index contributed by atoms with van der Waals surface area (Å²) in [6.45, 7) is 4.69. The monoisotopic (exact) mass is 1090 g/mol. The van der Waals surface area contributed by atoms with Gasteiger partial charge in [-0.15, -0.1) is 0 Å². The number of para-hydroxylation sites is 4. The Bertz CT molecular complexity index is 5200. The molecule has 0 unspecified atom stereocenters. The summed E-state index contributed by atoms with van der Waals surface area (Å²) >= 11 is 0. The molecule has 1 aliphatic rings. The molecule has 0 fully saturated rings. The number of fused-ring (bicyclic) bond motifs is 12. The summed E-state index contributed by atoms with van der Waals surface area (Å²) in [6, 6.07) is 103. The van der Waals surface area contributed by atoms with E-state index in [-0.39, 0.29) is 5.41 Å². The Balaban J connectivity index is 0.871. The third-order valence-corrected chi connectivity index (χ3v) is 17.7. The zero-order chi connectivity index (χ0) is 56.3. The fraction of sp³-hybridized carbons (Fsp3) is 0.0385. The largest absolute Gasteiger partial charge is 0.310 e. The molecule has 0 amide bonds. The van der Waals surface area contributed by atoms with Crippen molar-refractivity contribution in [3.8, 4) is 62.4 Å². The van der Waals surface area contributed by atoms with Crippen LogP contribution in [-0.2, 0) is 5.41 Å². The Labute approximate surface area is 491 Å². The number of rotatable bonds is 9. The van der Waals surface area contributed by atoms with Gasteiger partial charge in [0.25, 0.3) is 0 Å². The first-order valence-corrected chi connectivity index (χ1v) is 29.1. The van der Waals surface area contributed by atoms with Crippen molar-refractivity contribution in [2.24, 2.45) is 0 Å². The fourth-order valence-electron chi connectivity index (χ4n) is 13.7. The van der Waals surface area contributed by atoms with Crippen LogP contribution in [0.15, 0.2) is 285 Å². The van der Waals surface area contributed by atoms with E-state index in [2.05, 4.69) is 281 Å². The lowest BCUT2D eigenvalue weighted by Crippen LogP contribution is -2.15. The second kappa shape index (κ2) is 19.0. The Kier molecular flexibility index (Phi) is 10.8. The van der Waals surface area contributed by atoms with Crippen LogP contribution in [0.5, 0.6) is 0 Å². The highest BCUT2D eigenvalue weighted by molar-refractivity contribution is 6.14. The molecule has 0 N–H and O–H groups in total. The van der Waals surface area contributed by atoms with Gasteiger partial charge in [-0.25, -0.2) is 4.98 Å². The van der Waals surface area contributed by atoms with Crippen LogP contribution in [-0.4, -0.2) is 28.7 Å². The van der Waals surface area contributed by atoms with Crippen LogP contribution in [0.4, 0.5) is 17.1 Å². The van der Waals surface area contributed by atoms with Crippen molar-refractivity contribution in [2.45, 2.75) is 19.3 Å². The van der Waals surface area contributed by atoms with Gasteiger partial charge in [0.15, 0.2) is 11.6 Å². The molecule has 16 aromatic rings. The minimum absolute atomic E-state index is 0.240. The molecule has 85 heavy (non-hydrogen) atoms. The van der Waals surface area contributed by atoms with Gasteiger partial charge in [0.05, 0.1) is 33.1 Å². The summed E-state index contributed by atoms with van der Waals surface area (Å²) in [6.07, 6.45) is 0. The summed E-state index contributed by atoms with van der Waals surface area (Å²) in [5.74, 6) is 1.79. The van der Waals surface area contributed by atoms with Gasteiger partial charge in [-0.3, -0.25) is 4.57 Å². The van der Waals surface area contributed by atoms with Gasteiger partial charge in [0.1, 0.15) is 0 Å². The van der Waals surface area contributed by atoms with Crippen LogP contribution in [0.25, 0.3) is 128 Å². The molecular formula is C78H53N7. The Morgan fingerprint density at radius 1 is 0.282 bits per heavy atom. The van der Waals surface area contributed by atoms with E-state index in [0.717, 1.165) is 72.5 Å². The molecule has 1 aliphatic carbocycles. The molecule has 4 heterocycles. The highest BCUT2D eigenvalue weighted by atomic mass is 15.2. The van der Waals surface area contributed by atoms with E-state index in [9.17, 15) is 0 Å². The number of benzene rings is 12. The Morgan fingerprint density at radius 3 is 1.36 bits per heavy atom. The first-order chi connectivity index (χ1) is 41.9. The molecule has 400 valence electrons. The maximum Gasteiger partial charge on any atom is 0.238 e. The van der Waals surface area contributed by atoms with Gasteiger partial charge in [-0.05, 0) is 137 Å².